The molecule has 0 saturated carbocycles. The second kappa shape index (κ2) is 10.3. The minimum atomic E-state index is -3.32. The van der Waals surface area contributed by atoms with E-state index in [1.54, 1.807) is 14.2 Å². The van der Waals surface area contributed by atoms with Gasteiger partial charge in [-0.05, 0) is 35.2 Å². The van der Waals surface area contributed by atoms with Crippen molar-refractivity contribution in [2.24, 2.45) is 0 Å². The van der Waals surface area contributed by atoms with Crippen LogP contribution in [-0.4, -0.2) is 61.6 Å². The van der Waals surface area contributed by atoms with E-state index in [1.165, 1.54) is 5.56 Å². The van der Waals surface area contributed by atoms with Crippen molar-refractivity contribution in [3.05, 3.63) is 59.2 Å². The molecule has 9 heteroatoms. The number of fused-ring (bicyclic) bond motifs is 3. The molecule has 2 aromatic carbocycles. The number of halogens is 2. The summed E-state index contributed by atoms with van der Waals surface area (Å²) in [6, 6.07) is 14.2. The molecule has 1 saturated heterocycles. The number of rotatable bonds is 8. The van der Waals surface area contributed by atoms with Gasteiger partial charge in [-0.25, -0.2) is 9.34 Å². The number of benzene rings is 2. The minimum absolute atomic E-state index is 0.0179. The Morgan fingerprint density at radius 2 is 1.75 bits per heavy atom. The average molecular weight is 499 g/mol. The first-order valence-electron chi connectivity index (χ1n) is 10.8. The predicted molar refractivity (Wildman–Crippen MR) is 128 cm³/mol. The summed E-state index contributed by atoms with van der Waals surface area (Å²) >= 11 is 12.1. The van der Waals surface area contributed by atoms with Crippen molar-refractivity contribution in [2.45, 2.75) is 18.4 Å². The van der Waals surface area contributed by atoms with E-state index in [2.05, 4.69) is 12.1 Å². The van der Waals surface area contributed by atoms with Gasteiger partial charge in [0.1, 0.15) is 0 Å². The van der Waals surface area contributed by atoms with Crippen LogP contribution >= 0.6 is 30.9 Å². The van der Waals surface area contributed by atoms with Gasteiger partial charge in [-0.1, -0.05) is 30.3 Å². The van der Waals surface area contributed by atoms with E-state index in [1.807, 2.05) is 39.7 Å². The van der Waals surface area contributed by atoms with Gasteiger partial charge in [-0.2, -0.15) is 0 Å². The first-order chi connectivity index (χ1) is 15.6. The third kappa shape index (κ3) is 4.29. The molecule has 2 aliphatic heterocycles. The Morgan fingerprint density at radius 3 is 2.38 bits per heavy atom. The Balaban J connectivity index is 1.84. The lowest BCUT2D eigenvalue weighted by atomic mass is 9.82. The van der Waals surface area contributed by atoms with E-state index in [9.17, 15) is 4.57 Å². The van der Waals surface area contributed by atoms with Crippen LogP contribution in [0.5, 0.6) is 11.5 Å². The van der Waals surface area contributed by atoms with E-state index < -0.39 is 7.67 Å². The van der Waals surface area contributed by atoms with E-state index in [0.29, 0.717) is 49.5 Å². The van der Waals surface area contributed by atoms with E-state index in [4.69, 9.17) is 37.2 Å². The standard InChI is InChI=1S/C23H29Cl2N2O4P/c1-29-21-14-18-8-11-27-23(19(18)15-22(21)30-2)20(17-6-4-3-5-7-17)16-31-32(27,28)26(12-9-24)13-10-25/h3-7,14-15,20,23H,8-13,16H2,1-2H3/t20-,23+,32?/m1/s1. The van der Waals surface area contributed by atoms with E-state index in [-0.39, 0.29) is 12.0 Å². The molecule has 2 aliphatic rings. The molecule has 2 heterocycles. The zero-order valence-corrected chi connectivity index (χ0v) is 20.8. The number of methoxy groups -OCH3 is 2. The van der Waals surface area contributed by atoms with Crippen molar-refractivity contribution in [2.75, 3.05) is 52.2 Å². The molecule has 0 amide bonds. The average Bonchev–Trinajstić information content (AvgIpc) is 2.83. The molecule has 4 rings (SSSR count). The van der Waals surface area contributed by atoms with Gasteiger partial charge in [0.15, 0.2) is 11.5 Å². The molecule has 2 aromatic rings. The molecule has 0 spiro atoms. The summed E-state index contributed by atoms with van der Waals surface area (Å²) < 4.78 is 35.6. The largest absolute Gasteiger partial charge is 0.493 e. The molecule has 0 bridgehead atoms. The molecule has 0 radical (unpaired) electrons. The fourth-order valence-corrected chi connectivity index (χ4v) is 8.09. The lowest BCUT2D eigenvalue weighted by Crippen LogP contribution is -2.46. The molecule has 0 aromatic heterocycles. The van der Waals surface area contributed by atoms with Crippen LogP contribution in [0.25, 0.3) is 0 Å². The summed E-state index contributed by atoms with van der Waals surface area (Å²) in [5.41, 5.74) is 3.43. The number of nitrogens with zero attached hydrogens (tertiary/aromatic N) is 2. The van der Waals surface area contributed by atoms with Crippen LogP contribution in [0, 0.1) is 0 Å². The van der Waals surface area contributed by atoms with Crippen molar-refractivity contribution < 1.29 is 18.6 Å². The molecular formula is C23H29Cl2N2O4P. The van der Waals surface area contributed by atoms with Crippen molar-refractivity contribution in [1.82, 2.24) is 9.34 Å². The summed E-state index contributed by atoms with van der Waals surface area (Å²) in [5, 5.41) is 0. The molecular weight excluding hydrogens is 470 g/mol. The summed E-state index contributed by atoms with van der Waals surface area (Å²) in [4.78, 5) is 0. The maximum Gasteiger partial charge on any atom is 0.346 e. The maximum absolute atomic E-state index is 14.4. The molecule has 1 unspecified atom stereocenters. The Hall–Kier alpha value is -1.27. The first kappa shape index (κ1) is 23.9. The molecule has 3 atom stereocenters. The van der Waals surface area contributed by atoms with Crippen molar-refractivity contribution in [1.29, 1.82) is 0 Å². The Morgan fingerprint density at radius 1 is 1.09 bits per heavy atom. The molecule has 174 valence electrons. The van der Waals surface area contributed by atoms with Gasteiger partial charge in [-0.3, -0.25) is 4.57 Å². The summed E-state index contributed by atoms with van der Waals surface area (Å²) in [7, 11) is -0.0384. The third-order valence-electron chi connectivity index (χ3n) is 6.29. The Kier molecular flexibility index (Phi) is 7.71. The fourth-order valence-electron chi connectivity index (χ4n) is 4.80. The lowest BCUT2D eigenvalue weighted by molar-refractivity contribution is 0.100. The summed E-state index contributed by atoms with van der Waals surface area (Å²) in [6.07, 6.45) is 0.733. The van der Waals surface area contributed by atoms with Crippen molar-refractivity contribution >= 4 is 30.9 Å². The normalized spacial score (nSPS) is 25.3. The molecule has 0 N–H and O–H groups in total. The van der Waals surface area contributed by atoms with E-state index >= 15 is 0 Å². The highest BCUT2D eigenvalue weighted by atomic mass is 35.5. The van der Waals surface area contributed by atoms with Crippen LogP contribution in [0.15, 0.2) is 42.5 Å². The van der Waals surface area contributed by atoms with Gasteiger partial charge in [0.05, 0.1) is 26.9 Å². The van der Waals surface area contributed by atoms with Crippen LogP contribution in [0.1, 0.15) is 28.7 Å². The van der Waals surface area contributed by atoms with Gasteiger partial charge in [0.2, 0.25) is 0 Å². The fraction of sp³-hybridized carbons (Fsp3) is 0.478. The van der Waals surface area contributed by atoms with Gasteiger partial charge in [-0.15, -0.1) is 23.2 Å². The van der Waals surface area contributed by atoms with Crippen LogP contribution in [0.4, 0.5) is 0 Å². The number of alkyl halides is 2. The quantitative estimate of drug-likeness (QED) is 0.363. The zero-order chi connectivity index (χ0) is 22.7. The van der Waals surface area contributed by atoms with Gasteiger partial charge in [0.25, 0.3) is 0 Å². The SMILES string of the molecule is COc1cc2c(cc1OC)[C@H]1[C@@H](c3ccccc3)COP(=O)(N(CCCl)CCCl)N1CC2. The highest BCUT2D eigenvalue weighted by Crippen LogP contribution is 2.65. The highest BCUT2D eigenvalue weighted by Gasteiger charge is 2.51. The van der Waals surface area contributed by atoms with Crippen molar-refractivity contribution in [3.8, 4) is 11.5 Å². The third-order valence-corrected chi connectivity index (χ3v) is 9.33. The van der Waals surface area contributed by atoms with Crippen molar-refractivity contribution in [3.63, 3.8) is 0 Å². The van der Waals surface area contributed by atoms with E-state index in [0.717, 1.165) is 17.5 Å². The van der Waals surface area contributed by atoms with Gasteiger partial charge in [0, 0.05) is 37.3 Å². The Bertz CT molecular complexity index is 972. The monoisotopic (exact) mass is 498 g/mol. The second-order valence-corrected chi connectivity index (χ2v) is 11.0. The molecule has 6 nitrogen and oxygen atoms in total. The van der Waals surface area contributed by atoms with Gasteiger partial charge >= 0.3 is 7.67 Å². The topological polar surface area (TPSA) is 51.2 Å². The highest BCUT2D eigenvalue weighted by molar-refractivity contribution is 7.54. The van der Waals surface area contributed by atoms with Crippen LogP contribution in [-0.2, 0) is 15.5 Å². The zero-order valence-electron chi connectivity index (χ0n) is 18.4. The minimum Gasteiger partial charge on any atom is -0.493 e. The smallest absolute Gasteiger partial charge is 0.346 e. The number of ether oxygens (including phenoxy) is 2. The van der Waals surface area contributed by atoms with Crippen LogP contribution in [0.2, 0.25) is 0 Å². The maximum atomic E-state index is 14.4. The predicted octanol–water partition coefficient (Wildman–Crippen LogP) is 5.30. The number of hydrogen-bond donors (Lipinski definition) is 0. The summed E-state index contributed by atoms with van der Waals surface area (Å²) in [5.74, 6) is 2.10. The van der Waals surface area contributed by atoms with Crippen LogP contribution < -0.4 is 9.47 Å². The Labute approximate surface area is 199 Å². The molecule has 0 aliphatic carbocycles. The first-order valence-corrected chi connectivity index (χ1v) is 13.4. The molecule has 1 fully saturated rings. The second-order valence-electron chi connectivity index (χ2n) is 7.90. The van der Waals surface area contributed by atoms with Gasteiger partial charge < -0.3 is 14.0 Å². The molecule has 32 heavy (non-hydrogen) atoms. The number of hydrogen-bond acceptors (Lipinski definition) is 4. The lowest BCUT2D eigenvalue weighted by Gasteiger charge is -2.51. The van der Waals surface area contributed by atoms with Crippen LogP contribution in [0.3, 0.4) is 0 Å². The summed E-state index contributed by atoms with van der Waals surface area (Å²) in [6.45, 7) is 1.85.